The molecule has 4 heteroatoms. The van der Waals surface area contributed by atoms with E-state index in [1.54, 1.807) is 6.07 Å². The standard InChI is InChI=1S/C16H22FNO2/c1-11-6-7-14(17)8-13(11)10-18-9-12-4-2-3-5-15(12)16(19)20/h6-8,12,15,18H,2-5,9-10H2,1H3,(H,19,20). The van der Waals surface area contributed by atoms with E-state index in [2.05, 4.69) is 5.32 Å². The molecule has 1 aromatic carbocycles. The van der Waals surface area contributed by atoms with Gasteiger partial charge in [0.15, 0.2) is 0 Å². The van der Waals surface area contributed by atoms with E-state index in [9.17, 15) is 14.3 Å². The van der Waals surface area contributed by atoms with Crippen molar-refractivity contribution in [2.45, 2.75) is 39.2 Å². The SMILES string of the molecule is Cc1ccc(F)cc1CNCC1CCCCC1C(=O)O. The Morgan fingerprint density at radius 2 is 2.15 bits per heavy atom. The highest BCUT2D eigenvalue weighted by Crippen LogP contribution is 2.29. The van der Waals surface area contributed by atoms with Crippen LogP contribution in [0.3, 0.4) is 0 Å². The highest BCUT2D eigenvalue weighted by Gasteiger charge is 2.30. The van der Waals surface area contributed by atoms with Crippen molar-refractivity contribution in [1.29, 1.82) is 0 Å². The van der Waals surface area contributed by atoms with E-state index in [4.69, 9.17) is 0 Å². The Morgan fingerprint density at radius 3 is 2.90 bits per heavy atom. The molecule has 3 nitrogen and oxygen atoms in total. The second-order valence-electron chi connectivity index (χ2n) is 5.69. The van der Waals surface area contributed by atoms with Crippen LogP contribution < -0.4 is 5.32 Å². The minimum atomic E-state index is -0.682. The third-order valence-corrected chi connectivity index (χ3v) is 4.26. The van der Waals surface area contributed by atoms with E-state index >= 15 is 0 Å². The van der Waals surface area contributed by atoms with Gasteiger partial charge in [-0.05, 0) is 55.5 Å². The molecule has 2 N–H and O–H groups in total. The number of aryl methyl sites for hydroxylation is 1. The first-order chi connectivity index (χ1) is 9.58. The Kier molecular flexibility index (Phi) is 5.12. The van der Waals surface area contributed by atoms with Crippen LogP contribution in [-0.4, -0.2) is 17.6 Å². The summed E-state index contributed by atoms with van der Waals surface area (Å²) in [5.41, 5.74) is 1.99. The molecule has 1 aromatic rings. The summed E-state index contributed by atoms with van der Waals surface area (Å²) in [4.78, 5) is 11.2. The van der Waals surface area contributed by atoms with Crippen LogP contribution in [0.2, 0.25) is 0 Å². The van der Waals surface area contributed by atoms with Gasteiger partial charge in [0, 0.05) is 6.54 Å². The zero-order chi connectivity index (χ0) is 14.5. The number of carboxylic acids is 1. The molecule has 1 saturated carbocycles. The number of carbonyl (C=O) groups is 1. The summed E-state index contributed by atoms with van der Waals surface area (Å²) in [6.45, 7) is 3.23. The predicted molar refractivity (Wildman–Crippen MR) is 75.9 cm³/mol. The van der Waals surface area contributed by atoms with Gasteiger partial charge in [-0.3, -0.25) is 4.79 Å². The molecule has 1 aliphatic rings. The smallest absolute Gasteiger partial charge is 0.306 e. The predicted octanol–water partition coefficient (Wildman–Crippen LogP) is 3.11. The van der Waals surface area contributed by atoms with E-state index in [0.29, 0.717) is 13.1 Å². The van der Waals surface area contributed by atoms with Crippen LogP contribution in [0.15, 0.2) is 18.2 Å². The number of hydrogen-bond donors (Lipinski definition) is 2. The number of hydrogen-bond acceptors (Lipinski definition) is 2. The Bertz CT molecular complexity index is 476. The zero-order valence-electron chi connectivity index (χ0n) is 11.9. The van der Waals surface area contributed by atoms with E-state index in [-0.39, 0.29) is 17.7 Å². The monoisotopic (exact) mass is 279 g/mol. The van der Waals surface area contributed by atoms with E-state index in [0.717, 1.165) is 36.8 Å². The van der Waals surface area contributed by atoms with Crippen molar-refractivity contribution in [1.82, 2.24) is 5.32 Å². The average Bonchev–Trinajstić information content (AvgIpc) is 2.43. The molecule has 0 aliphatic heterocycles. The lowest BCUT2D eigenvalue weighted by Gasteiger charge is -2.28. The summed E-state index contributed by atoms with van der Waals surface area (Å²) in [5, 5.41) is 12.5. The quantitative estimate of drug-likeness (QED) is 0.870. The lowest BCUT2D eigenvalue weighted by molar-refractivity contribution is -0.144. The van der Waals surface area contributed by atoms with Crippen LogP contribution >= 0.6 is 0 Å². The first-order valence-electron chi connectivity index (χ1n) is 7.26. The van der Waals surface area contributed by atoms with Crippen molar-refractivity contribution in [3.8, 4) is 0 Å². The maximum atomic E-state index is 13.2. The molecule has 0 spiro atoms. The fourth-order valence-electron chi connectivity index (χ4n) is 3.00. The Morgan fingerprint density at radius 1 is 1.40 bits per heavy atom. The zero-order valence-corrected chi connectivity index (χ0v) is 11.9. The minimum absolute atomic E-state index is 0.190. The van der Waals surface area contributed by atoms with Crippen molar-refractivity contribution in [2.24, 2.45) is 11.8 Å². The molecule has 0 amide bonds. The molecule has 20 heavy (non-hydrogen) atoms. The van der Waals surface area contributed by atoms with Crippen molar-refractivity contribution >= 4 is 5.97 Å². The third kappa shape index (κ3) is 3.79. The molecule has 1 aliphatic carbocycles. The van der Waals surface area contributed by atoms with Crippen LogP contribution in [0.25, 0.3) is 0 Å². The average molecular weight is 279 g/mol. The van der Waals surface area contributed by atoms with Gasteiger partial charge in [-0.25, -0.2) is 4.39 Å². The highest BCUT2D eigenvalue weighted by molar-refractivity contribution is 5.70. The molecule has 2 rings (SSSR count). The number of nitrogens with one attached hydrogen (secondary N) is 1. The van der Waals surface area contributed by atoms with Gasteiger partial charge in [-0.2, -0.15) is 0 Å². The Balaban J connectivity index is 1.88. The van der Waals surface area contributed by atoms with Crippen molar-refractivity contribution in [2.75, 3.05) is 6.54 Å². The number of rotatable bonds is 5. The van der Waals surface area contributed by atoms with Crippen LogP contribution in [0.1, 0.15) is 36.8 Å². The highest BCUT2D eigenvalue weighted by atomic mass is 19.1. The maximum Gasteiger partial charge on any atom is 0.306 e. The van der Waals surface area contributed by atoms with E-state index in [1.165, 1.54) is 12.1 Å². The molecule has 110 valence electrons. The molecular formula is C16H22FNO2. The molecule has 1 fully saturated rings. The van der Waals surface area contributed by atoms with Gasteiger partial charge in [0.1, 0.15) is 5.82 Å². The van der Waals surface area contributed by atoms with Gasteiger partial charge in [0.2, 0.25) is 0 Å². The molecule has 0 radical (unpaired) electrons. The third-order valence-electron chi connectivity index (χ3n) is 4.26. The summed E-state index contributed by atoms with van der Waals surface area (Å²) in [6, 6.07) is 4.77. The maximum absolute atomic E-state index is 13.2. The van der Waals surface area contributed by atoms with Gasteiger partial charge in [0.25, 0.3) is 0 Å². The Hall–Kier alpha value is -1.42. The molecule has 0 saturated heterocycles. The molecule has 2 unspecified atom stereocenters. The second kappa shape index (κ2) is 6.84. The lowest BCUT2D eigenvalue weighted by Crippen LogP contribution is -2.34. The summed E-state index contributed by atoms with van der Waals surface area (Å²) in [7, 11) is 0. The second-order valence-corrected chi connectivity index (χ2v) is 5.69. The van der Waals surface area contributed by atoms with Crippen LogP contribution in [0, 0.1) is 24.6 Å². The van der Waals surface area contributed by atoms with Gasteiger partial charge in [0.05, 0.1) is 5.92 Å². The largest absolute Gasteiger partial charge is 0.481 e. The normalized spacial score (nSPS) is 22.7. The van der Waals surface area contributed by atoms with Crippen LogP contribution in [-0.2, 0) is 11.3 Å². The number of benzene rings is 1. The summed E-state index contributed by atoms with van der Waals surface area (Å²) in [5.74, 6) is -0.952. The minimum Gasteiger partial charge on any atom is -0.481 e. The summed E-state index contributed by atoms with van der Waals surface area (Å²) >= 11 is 0. The number of aliphatic carboxylic acids is 1. The van der Waals surface area contributed by atoms with Crippen molar-refractivity contribution in [3.63, 3.8) is 0 Å². The Labute approximate surface area is 119 Å². The summed E-state index contributed by atoms with van der Waals surface area (Å²) in [6.07, 6.45) is 3.86. The first-order valence-corrected chi connectivity index (χ1v) is 7.26. The van der Waals surface area contributed by atoms with Crippen molar-refractivity contribution < 1.29 is 14.3 Å². The molecular weight excluding hydrogens is 257 g/mol. The molecule has 2 atom stereocenters. The van der Waals surface area contributed by atoms with E-state index < -0.39 is 5.97 Å². The summed E-state index contributed by atoms with van der Waals surface area (Å²) < 4.78 is 13.2. The van der Waals surface area contributed by atoms with Gasteiger partial charge < -0.3 is 10.4 Å². The van der Waals surface area contributed by atoms with Gasteiger partial charge >= 0.3 is 5.97 Å². The van der Waals surface area contributed by atoms with Gasteiger partial charge in [-0.1, -0.05) is 18.9 Å². The van der Waals surface area contributed by atoms with Gasteiger partial charge in [-0.15, -0.1) is 0 Å². The fourth-order valence-corrected chi connectivity index (χ4v) is 3.00. The molecule has 0 heterocycles. The molecule has 0 aromatic heterocycles. The van der Waals surface area contributed by atoms with Crippen LogP contribution in [0.4, 0.5) is 4.39 Å². The fraction of sp³-hybridized carbons (Fsp3) is 0.562. The number of carboxylic acid groups (broad SMARTS) is 1. The topological polar surface area (TPSA) is 49.3 Å². The number of halogens is 1. The van der Waals surface area contributed by atoms with E-state index in [1.807, 2.05) is 6.92 Å². The first kappa shape index (κ1) is 15.0. The van der Waals surface area contributed by atoms with Crippen molar-refractivity contribution in [3.05, 3.63) is 35.1 Å². The van der Waals surface area contributed by atoms with Crippen LogP contribution in [0.5, 0.6) is 0 Å². The molecule has 0 bridgehead atoms. The lowest BCUT2D eigenvalue weighted by atomic mass is 9.79.